The lowest BCUT2D eigenvalue weighted by Gasteiger charge is -2.32. The zero-order chi connectivity index (χ0) is 15.9. The van der Waals surface area contributed by atoms with Crippen molar-refractivity contribution in [1.82, 2.24) is 15.1 Å². The Labute approximate surface area is 127 Å². The minimum Gasteiger partial charge on any atom is -0.481 e. The summed E-state index contributed by atoms with van der Waals surface area (Å²) >= 11 is 0. The van der Waals surface area contributed by atoms with E-state index in [-0.39, 0.29) is 17.7 Å². The van der Waals surface area contributed by atoms with Crippen molar-refractivity contribution in [1.29, 1.82) is 0 Å². The summed E-state index contributed by atoms with van der Waals surface area (Å²) < 4.78 is 0. The zero-order valence-corrected chi connectivity index (χ0v) is 13.5. The van der Waals surface area contributed by atoms with Crippen LogP contribution >= 0.6 is 0 Å². The highest BCUT2D eigenvalue weighted by atomic mass is 16.4. The number of carbonyl (C=O) groups excluding carboxylic acids is 1. The van der Waals surface area contributed by atoms with Crippen molar-refractivity contribution in [2.24, 2.45) is 5.41 Å². The molecule has 2 N–H and O–H groups in total. The van der Waals surface area contributed by atoms with Crippen molar-refractivity contribution in [2.75, 3.05) is 46.3 Å². The molecule has 0 aromatic carbocycles. The second-order valence-electron chi connectivity index (χ2n) is 6.67. The number of carboxylic acid groups (broad SMARTS) is 1. The molecule has 0 bridgehead atoms. The maximum atomic E-state index is 12.0. The number of rotatable bonds is 8. The average Bonchev–Trinajstić information content (AvgIpc) is 2.42. The molecule has 1 aliphatic rings. The fraction of sp³-hybridized carbons (Fsp3) is 0.867. The van der Waals surface area contributed by atoms with Crippen LogP contribution in [0.4, 0.5) is 0 Å². The number of carboxylic acids is 1. The van der Waals surface area contributed by atoms with E-state index in [0.29, 0.717) is 13.0 Å². The van der Waals surface area contributed by atoms with Crippen LogP contribution in [0.1, 0.15) is 33.1 Å². The second kappa shape index (κ2) is 8.34. The SMILES string of the molecule is CN1CCN(C(=O)CNCCC(C)(C)CCC(=O)O)CC1. The van der Waals surface area contributed by atoms with Crippen molar-refractivity contribution in [3.8, 4) is 0 Å². The van der Waals surface area contributed by atoms with Crippen LogP contribution in [0.25, 0.3) is 0 Å². The quantitative estimate of drug-likeness (QED) is 0.643. The van der Waals surface area contributed by atoms with E-state index < -0.39 is 5.97 Å². The number of nitrogens with one attached hydrogen (secondary N) is 1. The van der Waals surface area contributed by atoms with Crippen molar-refractivity contribution >= 4 is 11.9 Å². The first-order valence-electron chi connectivity index (χ1n) is 7.69. The topological polar surface area (TPSA) is 72.9 Å². The van der Waals surface area contributed by atoms with Crippen molar-refractivity contribution in [3.63, 3.8) is 0 Å². The summed E-state index contributed by atoms with van der Waals surface area (Å²) in [4.78, 5) is 26.7. The van der Waals surface area contributed by atoms with Gasteiger partial charge in [-0.3, -0.25) is 9.59 Å². The van der Waals surface area contributed by atoms with E-state index in [1.54, 1.807) is 0 Å². The van der Waals surface area contributed by atoms with Crippen molar-refractivity contribution in [3.05, 3.63) is 0 Å². The van der Waals surface area contributed by atoms with E-state index in [1.807, 2.05) is 4.90 Å². The number of carbonyl (C=O) groups is 2. The average molecular weight is 299 g/mol. The summed E-state index contributed by atoms with van der Waals surface area (Å²) in [7, 11) is 2.07. The van der Waals surface area contributed by atoms with Crippen LogP contribution < -0.4 is 5.32 Å². The molecular formula is C15H29N3O3. The van der Waals surface area contributed by atoms with Gasteiger partial charge in [-0.1, -0.05) is 13.8 Å². The molecule has 1 rings (SSSR count). The van der Waals surface area contributed by atoms with Crippen molar-refractivity contribution in [2.45, 2.75) is 33.1 Å². The number of likely N-dealkylation sites (N-methyl/N-ethyl adjacent to an activating group) is 1. The number of hydrogen-bond acceptors (Lipinski definition) is 4. The Morgan fingerprint density at radius 3 is 2.33 bits per heavy atom. The molecule has 0 aromatic heterocycles. The third-order valence-corrected chi connectivity index (χ3v) is 4.13. The first-order valence-corrected chi connectivity index (χ1v) is 7.69. The molecule has 122 valence electrons. The molecule has 6 heteroatoms. The monoisotopic (exact) mass is 299 g/mol. The summed E-state index contributed by atoms with van der Waals surface area (Å²) in [5.41, 5.74) is -0.0116. The summed E-state index contributed by atoms with van der Waals surface area (Å²) in [5.74, 6) is -0.590. The van der Waals surface area contributed by atoms with Crippen LogP contribution in [0, 0.1) is 5.41 Å². The van der Waals surface area contributed by atoms with Gasteiger partial charge in [-0.2, -0.15) is 0 Å². The fourth-order valence-corrected chi connectivity index (χ4v) is 2.36. The first-order chi connectivity index (χ1) is 9.80. The van der Waals surface area contributed by atoms with Gasteiger partial charge < -0.3 is 20.2 Å². The molecule has 1 amide bonds. The Bertz CT molecular complexity index is 350. The van der Waals surface area contributed by atoms with Gasteiger partial charge in [0.1, 0.15) is 0 Å². The minimum atomic E-state index is -0.749. The predicted octanol–water partition coefficient (Wildman–Crippen LogP) is 0.631. The van der Waals surface area contributed by atoms with Gasteiger partial charge >= 0.3 is 5.97 Å². The number of hydrogen-bond donors (Lipinski definition) is 2. The van der Waals surface area contributed by atoms with Gasteiger partial charge in [0.15, 0.2) is 0 Å². The molecule has 21 heavy (non-hydrogen) atoms. The van der Waals surface area contributed by atoms with Crippen LogP contribution in [0.5, 0.6) is 0 Å². The number of aliphatic carboxylic acids is 1. The Morgan fingerprint density at radius 2 is 1.76 bits per heavy atom. The summed E-state index contributed by atoms with van der Waals surface area (Å²) in [6, 6.07) is 0. The van der Waals surface area contributed by atoms with E-state index in [2.05, 4.69) is 31.1 Å². The Balaban J connectivity index is 2.15. The number of piperazine rings is 1. The Hall–Kier alpha value is -1.14. The van der Waals surface area contributed by atoms with Gasteiger partial charge in [0, 0.05) is 32.6 Å². The van der Waals surface area contributed by atoms with Gasteiger partial charge in [0.2, 0.25) is 5.91 Å². The molecule has 1 heterocycles. The molecule has 1 fully saturated rings. The summed E-state index contributed by atoms with van der Waals surface area (Å²) in [6.45, 7) is 8.74. The van der Waals surface area contributed by atoms with E-state index in [9.17, 15) is 9.59 Å². The maximum Gasteiger partial charge on any atom is 0.303 e. The third kappa shape index (κ3) is 7.43. The summed E-state index contributed by atoms with van der Waals surface area (Å²) in [6.07, 6.45) is 1.74. The van der Waals surface area contributed by atoms with Gasteiger partial charge in [0.05, 0.1) is 6.54 Å². The number of nitrogens with zero attached hydrogens (tertiary/aromatic N) is 2. The first kappa shape index (κ1) is 17.9. The molecule has 0 spiro atoms. The lowest BCUT2D eigenvalue weighted by molar-refractivity contribution is -0.137. The van der Waals surface area contributed by atoms with E-state index >= 15 is 0 Å². The standard InChI is InChI=1S/C15H29N3O3/c1-15(2,5-4-14(20)21)6-7-16-12-13(19)18-10-8-17(3)9-11-18/h16H,4-12H2,1-3H3,(H,20,21). The van der Waals surface area contributed by atoms with Gasteiger partial charge in [-0.15, -0.1) is 0 Å². The Kier molecular flexibility index (Phi) is 7.11. The largest absolute Gasteiger partial charge is 0.481 e. The highest BCUT2D eigenvalue weighted by Gasteiger charge is 2.20. The van der Waals surface area contributed by atoms with E-state index in [4.69, 9.17) is 5.11 Å². The van der Waals surface area contributed by atoms with Crippen molar-refractivity contribution < 1.29 is 14.7 Å². The van der Waals surface area contributed by atoms with E-state index in [0.717, 1.165) is 39.1 Å². The third-order valence-electron chi connectivity index (χ3n) is 4.13. The van der Waals surface area contributed by atoms with Crippen LogP contribution in [0.3, 0.4) is 0 Å². The molecule has 6 nitrogen and oxygen atoms in total. The highest BCUT2D eigenvalue weighted by Crippen LogP contribution is 2.25. The zero-order valence-electron chi connectivity index (χ0n) is 13.5. The predicted molar refractivity (Wildman–Crippen MR) is 82.2 cm³/mol. The lowest BCUT2D eigenvalue weighted by Crippen LogP contribution is -2.49. The van der Waals surface area contributed by atoms with Crippen LogP contribution in [-0.4, -0.2) is 73.1 Å². The van der Waals surface area contributed by atoms with Gasteiger partial charge in [-0.25, -0.2) is 0 Å². The molecule has 0 aliphatic carbocycles. The molecule has 1 saturated heterocycles. The highest BCUT2D eigenvalue weighted by molar-refractivity contribution is 5.78. The Morgan fingerprint density at radius 1 is 1.14 bits per heavy atom. The van der Waals surface area contributed by atoms with Crippen LogP contribution in [0.2, 0.25) is 0 Å². The van der Waals surface area contributed by atoms with Gasteiger partial charge in [0.25, 0.3) is 0 Å². The normalized spacial score (nSPS) is 17.0. The molecule has 0 unspecified atom stereocenters. The van der Waals surface area contributed by atoms with Gasteiger partial charge in [-0.05, 0) is 31.8 Å². The molecule has 0 saturated carbocycles. The smallest absolute Gasteiger partial charge is 0.303 e. The number of amides is 1. The molecule has 0 radical (unpaired) electrons. The molecule has 0 atom stereocenters. The molecule has 0 aromatic rings. The summed E-state index contributed by atoms with van der Waals surface area (Å²) in [5, 5.41) is 11.9. The van der Waals surface area contributed by atoms with Crippen LogP contribution in [0.15, 0.2) is 0 Å². The van der Waals surface area contributed by atoms with Crippen LogP contribution in [-0.2, 0) is 9.59 Å². The molecular weight excluding hydrogens is 270 g/mol. The second-order valence-corrected chi connectivity index (χ2v) is 6.67. The minimum absolute atomic E-state index is 0.0116. The maximum absolute atomic E-state index is 12.0. The fourth-order valence-electron chi connectivity index (χ4n) is 2.36. The van der Waals surface area contributed by atoms with E-state index in [1.165, 1.54) is 0 Å². The lowest BCUT2D eigenvalue weighted by atomic mass is 9.84. The molecule has 1 aliphatic heterocycles.